The normalized spacial score (nSPS) is 20.0. The molecule has 0 radical (unpaired) electrons. The molecule has 1 aromatic rings. The molecule has 1 unspecified atom stereocenters. The van der Waals surface area contributed by atoms with Gasteiger partial charge in [0.15, 0.2) is 0 Å². The Kier molecular flexibility index (Phi) is 6.27. The van der Waals surface area contributed by atoms with Gasteiger partial charge in [-0.3, -0.25) is 0 Å². The van der Waals surface area contributed by atoms with Crippen LogP contribution in [0.2, 0.25) is 0 Å². The van der Waals surface area contributed by atoms with E-state index in [9.17, 15) is 4.39 Å². The van der Waals surface area contributed by atoms with Crippen LogP contribution >= 0.6 is 0 Å². The third-order valence-corrected chi connectivity index (χ3v) is 3.84. The summed E-state index contributed by atoms with van der Waals surface area (Å²) < 4.78 is 18.3. The Morgan fingerprint density at radius 3 is 2.85 bits per heavy atom. The van der Waals surface area contributed by atoms with Crippen LogP contribution in [0.3, 0.4) is 0 Å². The molecule has 1 saturated heterocycles. The lowest BCUT2D eigenvalue weighted by Gasteiger charge is -2.32. The van der Waals surface area contributed by atoms with Crippen molar-refractivity contribution in [2.24, 2.45) is 5.92 Å². The van der Waals surface area contributed by atoms with E-state index >= 15 is 0 Å². The maximum Gasteiger partial charge on any atom is 0.123 e. The van der Waals surface area contributed by atoms with Crippen LogP contribution in [0.1, 0.15) is 25.7 Å². The molecule has 0 aliphatic carbocycles. The molecule has 1 fully saturated rings. The molecule has 0 bridgehead atoms. The van der Waals surface area contributed by atoms with Crippen LogP contribution in [-0.2, 0) is 0 Å². The predicted octanol–water partition coefficient (Wildman–Crippen LogP) is 2.69. The van der Waals surface area contributed by atoms with Gasteiger partial charge in [-0.1, -0.05) is 0 Å². The first-order valence-electron chi connectivity index (χ1n) is 7.49. The fraction of sp³-hybridized carbons (Fsp3) is 0.625. The van der Waals surface area contributed by atoms with Crippen molar-refractivity contribution >= 4 is 0 Å². The zero-order valence-corrected chi connectivity index (χ0v) is 11.9. The minimum absolute atomic E-state index is 0.236. The van der Waals surface area contributed by atoms with E-state index in [0.29, 0.717) is 19.1 Å². The van der Waals surface area contributed by atoms with E-state index in [0.717, 1.165) is 38.2 Å². The predicted molar refractivity (Wildman–Crippen MR) is 77.4 cm³/mol. The number of halogens is 1. The molecule has 2 rings (SSSR count). The van der Waals surface area contributed by atoms with Gasteiger partial charge in [0.2, 0.25) is 0 Å². The Morgan fingerprint density at radius 1 is 1.30 bits per heavy atom. The van der Waals surface area contributed by atoms with Crippen LogP contribution in [0.4, 0.5) is 4.39 Å². The van der Waals surface area contributed by atoms with E-state index < -0.39 is 0 Å². The first kappa shape index (κ1) is 15.3. The number of benzene rings is 1. The lowest BCUT2D eigenvalue weighted by molar-refractivity contribution is 0.140. The van der Waals surface area contributed by atoms with Crippen molar-refractivity contribution in [3.05, 3.63) is 30.1 Å². The molecule has 4 heteroatoms. The molecule has 1 atom stereocenters. The second-order valence-corrected chi connectivity index (χ2v) is 5.48. The van der Waals surface area contributed by atoms with Gasteiger partial charge in [0, 0.05) is 19.7 Å². The molecule has 0 amide bonds. The largest absolute Gasteiger partial charge is 0.494 e. The van der Waals surface area contributed by atoms with Crippen LogP contribution in [0, 0.1) is 11.7 Å². The molecule has 0 saturated carbocycles. The number of nitrogens with zero attached hydrogens (tertiary/aromatic N) is 1. The third-order valence-electron chi connectivity index (χ3n) is 3.84. The van der Waals surface area contributed by atoms with Crippen molar-refractivity contribution in [1.82, 2.24) is 4.90 Å². The maximum atomic E-state index is 12.7. The molecule has 0 aromatic heterocycles. The first-order valence-corrected chi connectivity index (χ1v) is 7.49. The summed E-state index contributed by atoms with van der Waals surface area (Å²) in [5.41, 5.74) is 0. The second kappa shape index (κ2) is 8.22. The fourth-order valence-electron chi connectivity index (χ4n) is 2.78. The molecule has 20 heavy (non-hydrogen) atoms. The summed E-state index contributed by atoms with van der Waals surface area (Å²) in [5, 5.41) is 9.00. The summed E-state index contributed by atoms with van der Waals surface area (Å²) in [6, 6.07) is 6.15. The Labute approximate surface area is 120 Å². The lowest BCUT2D eigenvalue weighted by atomic mass is 9.95. The van der Waals surface area contributed by atoms with Crippen molar-refractivity contribution in [3.8, 4) is 5.75 Å². The van der Waals surface area contributed by atoms with Crippen molar-refractivity contribution in [2.75, 3.05) is 32.8 Å². The Balaban J connectivity index is 1.62. The smallest absolute Gasteiger partial charge is 0.123 e. The monoisotopic (exact) mass is 281 g/mol. The van der Waals surface area contributed by atoms with Crippen LogP contribution in [0.25, 0.3) is 0 Å². The molecule has 1 N–H and O–H groups in total. The number of rotatable bonds is 7. The molecule has 3 nitrogen and oxygen atoms in total. The minimum Gasteiger partial charge on any atom is -0.494 e. The van der Waals surface area contributed by atoms with Gasteiger partial charge >= 0.3 is 0 Å². The van der Waals surface area contributed by atoms with Gasteiger partial charge in [0.1, 0.15) is 11.6 Å². The summed E-state index contributed by atoms with van der Waals surface area (Å²) in [4.78, 5) is 2.46. The van der Waals surface area contributed by atoms with Crippen LogP contribution < -0.4 is 4.74 Å². The molecular formula is C16H24FNO2. The van der Waals surface area contributed by atoms with Crippen LogP contribution in [0.15, 0.2) is 24.3 Å². The van der Waals surface area contributed by atoms with Crippen molar-refractivity contribution in [2.45, 2.75) is 25.7 Å². The standard InChI is InChI=1S/C16H24FNO2/c17-15-4-6-16(7-5-15)20-12-2-10-18-9-1-3-14(13-18)8-11-19/h4-7,14,19H,1-3,8-13H2. The van der Waals surface area contributed by atoms with Gasteiger partial charge in [0.25, 0.3) is 0 Å². The highest BCUT2D eigenvalue weighted by molar-refractivity contribution is 5.21. The summed E-state index contributed by atoms with van der Waals surface area (Å²) in [6.45, 7) is 4.23. The Morgan fingerprint density at radius 2 is 2.10 bits per heavy atom. The third kappa shape index (κ3) is 5.10. The van der Waals surface area contributed by atoms with Gasteiger partial charge in [0.05, 0.1) is 6.61 Å². The van der Waals surface area contributed by atoms with Crippen molar-refractivity contribution < 1.29 is 14.2 Å². The van der Waals surface area contributed by atoms with Crippen molar-refractivity contribution in [3.63, 3.8) is 0 Å². The first-order chi connectivity index (χ1) is 9.78. The van der Waals surface area contributed by atoms with E-state index in [-0.39, 0.29) is 5.82 Å². The highest BCUT2D eigenvalue weighted by Gasteiger charge is 2.18. The summed E-state index contributed by atoms with van der Waals surface area (Å²) in [5.74, 6) is 1.13. The van der Waals surface area contributed by atoms with Gasteiger partial charge in [-0.15, -0.1) is 0 Å². The molecule has 0 spiro atoms. The minimum atomic E-state index is -0.236. The maximum absolute atomic E-state index is 12.7. The molecule has 1 aliphatic heterocycles. The van der Waals surface area contributed by atoms with Gasteiger partial charge in [-0.25, -0.2) is 4.39 Å². The average Bonchev–Trinajstić information content (AvgIpc) is 2.46. The lowest BCUT2D eigenvalue weighted by Crippen LogP contribution is -2.36. The number of hydrogen-bond donors (Lipinski definition) is 1. The van der Waals surface area contributed by atoms with E-state index in [1.807, 2.05) is 0 Å². The second-order valence-electron chi connectivity index (χ2n) is 5.48. The highest BCUT2D eigenvalue weighted by Crippen LogP contribution is 2.19. The molecule has 1 aromatic carbocycles. The Bertz CT molecular complexity index is 381. The van der Waals surface area contributed by atoms with E-state index in [1.54, 1.807) is 12.1 Å². The summed E-state index contributed by atoms with van der Waals surface area (Å²) in [6.07, 6.45) is 4.36. The Hall–Kier alpha value is -1.13. The number of ether oxygens (including phenoxy) is 1. The number of aliphatic hydroxyl groups excluding tert-OH is 1. The van der Waals surface area contributed by atoms with E-state index in [1.165, 1.54) is 25.0 Å². The highest BCUT2D eigenvalue weighted by atomic mass is 19.1. The van der Waals surface area contributed by atoms with Gasteiger partial charge < -0.3 is 14.7 Å². The topological polar surface area (TPSA) is 32.7 Å². The molecular weight excluding hydrogens is 257 g/mol. The zero-order chi connectivity index (χ0) is 14.2. The fourth-order valence-corrected chi connectivity index (χ4v) is 2.78. The quantitative estimate of drug-likeness (QED) is 0.780. The van der Waals surface area contributed by atoms with Crippen LogP contribution in [0.5, 0.6) is 5.75 Å². The molecule has 112 valence electrons. The number of aliphatic hydroxyl groups is 1. The SMILES string of the molecule is OCCC1CCCN(CCCOc2ccc(F)cc2)C1. The van der Waals surface area contributed by atoms with E-state index in [2.05, 4.69) is 4.90 Å². The van der Waals surface area contributed by atoms with Crippen molar-refractivity contribution in [1.29, 1.82) is 0 Å². The molecule has 1 heterocycles. The van der Waals surface area contributed by atoms with Crippen LogP contribution in [-0.4, -0.2) is 42.9 Å². The number of likely N-dealkylation sites (tertiary alicyclic amines) is 1. The summed E-state index contributed by atoms with van der Waals surface area (Å²) >= 11 is 0. The van der Waals surface area contributed by atoms with E-state index in [4.69, 9.17) is 9.84 Å². The zero-order valence-electron chi connectivity index (χ0n) is 11.9. The van der Waals surface area contributed by atoms with Gasteiger partial charge in [-0.2, -0.15) is 0 Å². The number of piperidine rings is 1. The summed E-state index contributed by atoms with van der Waals surface area (Å²) in [7, 11) is 0. The molecule has 1 aliphatic rings. The van der Waals surface area contributed by atoms with Gasteiger partial charge in [-0.05, 0) is 62.4 Å². The number of hydrogen-bond acceptors (Lipinski definition) is 3. The average molecular weight is 281 g/mol.